The molecular formula is C13H25N3. The lowest BCUT2D eigenvalue weighted by Crippen LogP contribution is -2.35. The molecule has 1 N–H and O–H groups in total. The van der Waals surface area contributed by atoms with Gasteiger partial charge in [0.2, 0.25) is 0 Å². The van der Waals surface area contributed by atoms with Gasteiger partial charge in [-0.05, 0) is 33.6 Å². The average molecular weight is 223 g/mol. The quantitative estimate of drug-likeness (QED) is 0.850. The number of aromatic nitrogens is 2. The molecule has 0 aliphatic rings. The second-order valence-corrected chi connectivity index (χ2v) is 5.96. The Kier molecular flexibility index (Phi) is 4.14. The van der Waals surface area contributed by atoms with Crippen molar-refractivity contribution in [3.05, 3.63) is 17.5 Å². The fourth-order valence-corrected chi connectivity index (χ4v) is 1.56. The van der Waals surface area contributed by atoms with Crippen molar-refractivity contribution in [1.29, 1.82) is 0 Å². The van der Waals surface area contributed by atoms with Gasteiger partial charge in [-0.3, -0.25) is 4.68 Å². The highest BCUT2D eigenvalue weighted by Gasteiger charge is 2.11. The van der Waals surface area contributed by atoms with Crippen LogP contribution in [0.2, 0.25) is 0 Å². The molecule has 0 bridgehead atoms. The lowest BCUT2D eigenvalue weighted by Gasteiger charge is -2.20. The van der Waals surface area contributed by atoms with Crippen LogP contribution < -0.4 is 5.32 Å². The van der Waals surface area contributed by atoms with Gasteiger partial charge in [0.25, 0.3) is 0 Å². The molecule has 0 saturated heterocycles. The molecule has 0 amide bonds. The Morgan fingerprint density at radius 2 is 2.00 bits per heavy atom. The molecule has 0 aromatic carbocycles. The van der Waals surface area contributed by atoms with E-state index in [1.807, 2.05) is 0 Å². The summed E-state index contributed by atoms with van der Waals surface area (Å²) in [4.78, 5) is 0. The number of hydrogen-bond acceptors (Lipinski definition) is 2. The van der Waals surface area contributed by atoms with E-state index in [9.17, 15) is 0 Å². The number of nitrogens with zero attached hydrogens (tertiary/aromatic N) is 2. The van der Waals surface area contributed by atoms with E-state index in [0.29, 0.717) is 5.92 Å². The fraction of sp³-hybridized carbons (Fsp3) is 0.769. The van der Waals surface area contributed by atoms with Crippen LogP contribution in [0.25, 0.3) is 0 Å². The summed E-state index contributed by atoms with van der Waals surface area (Å²) in [5.74, 6) is 0.641. The molecule has 0 aliphatic heterocycles. The summed E-state index contributed by atoms with van der Waals surface area (Å²) < 4.78 is 2.06. The first kappa shape index (κ1) is 13.2. The minimum absolute atomic E-state index is 0.159. The maximum absolute atomic E-state index is 4.53. The molecule has 0 spiro atoms. The summed E-state index contributed by atoms with van der Waals surface area (Å²) in [5.41, 5.74) is 2.60. The van der Waals surface area contributed by atoms with E-state index in [4.69, 9.17) is 0 Å². The van der Waals surface area contributed by atoms with Crippen LogP contribution in [0.5, 0.6) is 0 Å². The molecule has 0 aliphatic carbocycles. The number of hydrogen-bond donors (Lipinski definition) is 1. The Labute approximate surface area is 99.2 Å². The normalized spacial score (nSPS) is 12.4. The highest BCUT2D eigenvalue weighted by atomic mass is 15.3. The maximum atomic E-state index is 4.53. The van der Waals surface area contributed by atoms with Gasteiger partial charge < -0.3 is 5.32 Å². The topological polar surface area (TPSA) is 29.9 Å². The third-order valence-corrected chi connectivity index (χ3v) is 2.41. The van der Waals surface area contributed by atoms with Crippen LogP contribution in [0, 0.1) is 12.8 Å². The Morgan fingerprint density at radius 1 is 1.38 bits per heavy atom. The molecule has 1 heterocycles. The van der Waals surface area contributed by atoms with Crippen LogP contribution in [0.1, 0.15) is 45.9 Å². The Balaban J connectivity index is 2.63. The van der Waals surface area contributed by atoms with Crippen LogP contribution in [-0.4, -0.2) is 15.3 Å². The highest BCUT2D eigenvalue weighted by molar-refractivity contribution is 5.15. The van der Waals surface area contributed by atoms with Crippen molar-refractivity contribution >= 4 is 0 Å². The SMILES string of the molecule is Cc1nn(CC(C)C)cc1CNC(C)(C)C. The summed E-state index contributed by atoms with van der Waals surface area (Å²) >= 11 is 0. The number of aryl methyl sites for hydroxylation is 1. The van der Waals surface area contributed by atoms with Crippen molar-refractivity contribution in [2.75, 3.05) is 0 Å². The largest absolute Gasteiger partial charge is 0.308 e. The molecular weight excluding hydrogens is 198 g/mol. The van der Waals surface area contributed by atoms with Crippen LogP contribution in [0.3, 0.4) is 0 Å². The Morgan fingerprint density at radius 3 is 2.50 bits per heavy atom. The van der Waals surface area contributed by atoms with Crippen LogP contribution in [-0.2, 0) is 13.1 Å². The first-order valence-electron chi connectivity index (χ1n) is 6.06. The van der Waals surface area contributed by atoms with Crippen molar-refractivity contribution in [1.82, 2.24) is 15.1 Å². The van der Waals surface area contributed by atoms with Crippen molar-refractivity contribution < 1.29 is 0 Å². The van der Waals surface area contributed by atoms with Crippen LogP contribution in [0.4, 0.5) is 0 Å². The lowest BCUT2D eigenvalue weighted by atomic mass is 10.1. The third kappa shape index (κ3) is 4.35. The van der Waals surface area contributed by atoms with Gasteiger partial charge in [0, 0.05) is 30.4 Å². The summed E-state index contributed by atoms with van der Waals surface area (Å²) in [5, 5.41) is 8.02. The summed E-state index contributed by atoms with van der Waals surface area (Å²) in [6.07, 6.45) is 2.16. The standard InChI is InChI=1S/C13H25N3/c1-10(2)8-16-9-12(11(3)15-16)7-14-13(4,5)6/h9-10,14H,7-8H2,1-6H3. The molecule has 16 heavy (non-hydrogen) atoms. The van der Waals surface area contributed by atoms with Crippen LogP contribution >= 0.6 is 0 Å². The molecule has 92 valence electrons. The zero-order chi connectivity index (χ0) is 12.3. The fourth-order valence-electron chi connectivity index (χ4n) is 1.56. The second-order valence-electron chi connectivity index (χ2n) is 5.96. The number of rotatable bonds is 4. The molecule has 0 saturated carbocycles. The van der Waals surface area contributed by atoms with Gasteiger partial charge >= 0.3 is 0 Å². The van der Waals surface area contributed by atoms with E-state index in [2.05, 4.69) is 62.8 Å². The van der Waals surface area contributed by atoms with Gasteiger partial charge in [0.1, 0.15) is 0 Å². The van der Waals surface area contributed by atoms with E-state index in [1.165, 1.54) is 5.56 Å². The van der Waals surface area contributed by atoms with Crippen molar-refractivity contribution in [2.45, 2.75) is 60.2 Å². The zero-order valence-electron chi connectivity index (χ0n) is 11.5. The lowest BCUT2D eigenvalue weighted by molar-refractivity contribution is 0.423. The first-order chi connectivity index (χ1) is 7.28. The Hall–Kier alpha value is -0.830. The second kappa shape index (κ2) is 5.00. The minimum atomic E-state index is 0.159. The summed E-state index contributed by atoms with van der Waals surface area (Å²) in [7, 11) is 0. The van der Waals surface area contributed by atoms with Gasteiger partial charge in [-0.1, -0.05) is 13.8 Å². The molecule has 0 unspecified atom stereocenters. The molecule has 0 fully saturated rings. The molecule has 1 aromatic rings. The predicted molar refractivity (Wildman–Crippen MR) is 68.4 cm³/mol. The summed E-state index contributed by atoms with van der Waals surface area (Å²) in [6.45, 7) is 14.9. The van der Waals surface area contributed by atoms with Crippen molar-refractivity contribution in [3.63, 3.8) is 0 Å². The Bertz CT molecular complexity index is 331. The minimum Gasteiger partial charge on any atom is -0.308 e. The third-order valence-electron chi connectivity index (χ3n) is 2.41. The van der Waals surface area contributed by atoms with Gasteiger partial charge in [0.15, 0.2) is 0 Å². The van der Waals surface area contributed by atoms with Gasteiger partial charge in [0.05, 0.1) is 5.69 Å². The number of nitrogens with one attached hydrogen (secondary N) is 1. The van der Waals surface area contributed by atoms with E-state index in [1.54, 1.807) is 0 Å². The molecule has 3 heteroatoms. The maximum Gasteiger partial charge on any atom is 0.0638 e. The van der Waals surface area contributed by atoms with Gasteiger partial charge in [-0.15, -0.1) is 0 Å². The molecule has 0 radical (unpaired) electrons. The monoisotopic (exact) mass is 223 g/mol. The molecule has 1 rings (SSSR count). The van der Waals surface area contributed by atoms with Crippen molar-refractivity contribution in [2.24, 2.45) is 5.92 Å². The van der Waals surface area contributed by atoms with Gasteiger partial charge in [-0.25, -0.2) is 0 Å². The van der Waals surface area contributed by atoms with E-state index in [-0.39, 0.29) is 5.54 Å². The van der Waals surface area contributed by atoms with Crippen LogP contribution in [0.15, 0.2) is 6.20 Å². The van der Waals surface area contributed by atoms with E-state index < -0.39 is 0 Å². The molecule has 0 atom stereocenters. The predicted octanol–water partition coefficient (Wildman–Crippen LogP) is 2.74. The zero-order valence-corrected chi connectivity index (χ0v) is 11.5. The molecule has 3 nitrogen and oxygen atoms in total. The average Bonchev–Trinajstić information content (AvgIpc) is 2.40. The first-order valence-corrected chi connectivity index (χ1v) is 6.06. The molecule has 1 aromatic heterocycles. The van der Waals surface area contributed by atoms with E-state index >= 15 is 0 Å². The summed E-state index contributed by atoms with van der Waals surface area (Å²) in [6, 6.07) is 0. The van der Waals surface area contributed by atoms with Gasteiger partial charge in [-0.2, -0.15) is 5.10 Å². The van der Waals surface area contributed by atoms with E-state index in [0.717, 1.165) is 18.8 Å². The smallest absolute Gasteiger partial charge is 0.0638 e. The van der Waals surface area contributed by atoms with Crippen molar-refractivity contribution in [3.8, 4) is 0 Å². The highest BCUT2D eigenvalue weighted by Crippen LogP contribution is 2.09.